The van der Waals surface area contributed by atoms with Gasteiger partial charge in [0.1, 0.15) is 24.2 Å². The van der Waals surface area contributed by atoms with E-state index in [0.717, 1.165) is 0 Å². The van der Waals surface area contributed by atoms with Gasteiger partial charge in [-0.3, -0.25) is 4.98 Å². The van der Waals surface area contributed by atoms with Crippen molar-refractivity contribution in [2.45, 2.75) is 6.10 Å². The molecule has 5 nitrogen and oxygen atoms in total. The largest absolute Gasteiger partial charge is 0.495 e. The molecule has 0 saturated heterocycles. The van der Waals surface area contributed by atoms with E-state index in [1.54, 1.807) is 32.7 Å². The van der Waals surface area contributed by atoms with Crippen molar-refractivity contribution in [2.24, 2.45) is 0 Å². The van der Waals surface area contributed by atoms with E-state index in [0.29, 0.717) is 35.8 Å². The molecule has 0 saturated carbocycles. The van der Waals surface area contributed by atoms with Gasteiger partial charge in [-0.1, -0.05) is 18.2 Å². The van der Waals surface area contributed by atoms with Crippen molar-refractivity contribution in [3.8, 4) is 11.5 Å². The molecule has 112 valence electrons. The van der Waals surface area contributed by atoms with Crippen LogP contribution in [-0.2, 0) is 4.74 Å². The number of aromatic nitrogens is 1. The van der Waals surface area contributed by atoms with Crippen LogP contribution in [0, 0.1) is 0 Å². The second-order valence-corrected chi connectivity index (χ2v) is 4.40. The zero-order valence-corrected chi connectivity index (χ0v) is 12.2. The van der Waals surface area contributed by atoms with Crippen LogP contribution in [0.25, 0.3) is 0 Å². The highest BCUT2D eigenvalue weighted by atomic mass is 16.5. The highest BCUT2D eigenvalue weighted by molar-refractivity contribution is 5.44. The predicted octanol–water partition coefficient (Wildman–Crippen LogP) is 2.20. The Hall–Kier alpha value is -2.11. The smallest absolute Gasteiger partial charge is 0.143 e. The van der Waals surface area contributed by atoms with Crippen LogP contribution in [0.3, 0.4) is 0 Å². The SMILES string of the molecule is COCCOc1ccccc1C(O)c1ccncc1OC. The van der Waals surface area contributed by atoms with Crippen molar-refractivity contribution < 1.29 is 19.3 Å². The Labute approximate surface area is 124 Å². The fraction of sp³-hybridized carbons (Fsp3) is 0.312. The summed E-state index contributed by atoms with van der Waals surface area (Å²) >= 11 is 0. The molecule has 21 heavy (non-hydrogen) atoms. The molecule has 2 aromatic rings. The van der Waals surface area contributed by atoms with E-state index in [1.807, 2.05) is 24.3 Å². The van der Waals surface area contributed by atoms with E-state index in [2.05, 4.69) is 4.98 Å². The molecule has 2 rings (SSSR count). The minimum absolute atomic E-state index is 0.424. The van der Waals surface area contributed by atoms with Crippen molar-refractivity contribution in [3.63, 3.8) is 0 Å². The van der Waals surface area contributed by atoms with Gasteiger partial charge < -0.3 is 19.3 Å². The molecule has 0 bridgehead atoms. The van der Waals surface area contributed by atoms with E-state index < -0.39 is 6.10 Å². The number of methoxy groups -OCH3 is 2. The average Bonchev–Trinajstić information content (AvgIpc) is 2.55. The monoisotopic (exact) mass is 289 g/mol. The molecule has 0 aliphatic carbocycles. The van der Waals surface area contributed by atoms with E-state index in [9.17, 15) is 5.11 Å². The number of benzene rings is 1. The van der Waals surface area contributed by atoms with Gasteiger partial charge in [-0.05, 0) is 12.1 Å². The number of nitrogens with zero attached hydrogens (tertiary/aromatic N) is 1. The molecular weight excluding hydrogens is 270 g/mol. The molecule has 1 aromatic heterocycles. The lowest BCUT2D eigenvalue weighted by Crippen LogP contribution is -2.09. The van der Waals surface area contributed by atoms with Gasteiger partial charge in [-0.2, -0.15) is 0 Å². The van der Waals surface area contributed by atoms with Crippen LogP contribution in [0.1, 0.15) is 17.2 Å². The zero-order chi connectivity index (χ0) is 15.1. The molecular formula is C16H19NO4. The van der Waals surface area contributed by atoms with Crippen molar-refractivity contribution >= 4 is 0 Å². The van der Waals surface area contributed by atoms with Crippen LogP contribution >= 0.6 is 0 Å². The number of pyridine rings is 1. The fourth-order valence-corrected chi connectivity index (χ4v) is 2.03. The van der Waals surface area contributed by atoms with Crippen LogP contribution in [-0.4, -0.2) is 37.5 Å². The van der Waals surface area contributed by atoms with Gasteiger partial charge in [0.25, 0.3) is 0 Å². The van der Waals surface area contributed by atoms with Gasteiger partial charge in [-0.25, -0.2) is 0 Å². The van der Waals surface area contributed by atoms with Crippen LogP contribution in [0.15, 0.2) is 42.7 Å². The molecule has 1 heterocycles. The molecule has 0 fully saturated rings. The molecule has 0 amide bonds. The van der Waals surface area contributed by atoms with Crippen molar-refractivity contribution in [2.75, 3.05) is 27.4 Å². The van der Waals surface area contributed by atoms with Crippen molar-refractivity contribution in [1.82, 2.24) is 4.98 Å². The third kappa shape index (κ3) is 3.71. The Bertz CT molecular complexity index is 574. The first kappa shape index (κ1) is 15.3. The molecule has 1 unspecified atom stereocenters. The summed E-state index contributed by atoms with van der Waals surface area (Å²) in [6.45, 7) is 0.913. The summed E-state index contributed by atoms with van der Waals surface area (Å²) in [7, 11) is 3.17. The Kier molecular flexibility index (Phi) is 5.54. The summed E-state index contributed by atoms with van der Waals surface area (Å²) in [5.41, 5.74) is 1.33. The Balaban J connectivity index is 2.28. The maximum Gasteiger partial charge on any atom is 0.143 e. The predicted molar refractivity (Wildman–Crippen MR) is 78.7 cm³/mol. The number of hydrogen-bond acceptors (Lipinski definition) is 5. The van der Waals surface area contributed by atoms with Crippen LogP contribution in [0.2, 0.25) is 0 Å². The number of hydrogen-bond donors (Lipinski definition) is 1. The molecule has 1 N–H and O–H groups in total. The quantitative estimate of drug-likeness (QED) is 0.792. The summed E-state index contributed by atoms with van der Waals surface area (Å²) in [4.78, 5) is 3.99. The number of aliphatic hydroxyl groups is 1. The second-order valence-electron chi connectivity index (χ2n) is 4.40. The summed E-state index contributed by atoms with van der Waals surface area (Å²) in [5.74, 6) is 1.16. The topological polar surface area (TPSA) is 60.8 Å². The molecule has 1 atom stereocenters. The lowest BCUT2D eigenvalue weighted by Gasteiger charge is -2.18. The third-order valence-electron chi connectivity index (χ3n) is 3.09. The lowest BCUT2D eigenvalue weighted by molar-refractivity contribution is 0.142. The van der Waals surface area contributed by atoms with E-state index in [1.165, 1.54) is 0 Å². The maximum absolute atomic E-state index is 10.6. The highest BCUT2D eigenvalue weighted by Gasteiger charge is 2.19. The second kappa shape index (κ2) is 7.61. The summed E-state index contributed by atoms with van der Waals surface area (Å²) in [6, 6.07) is 9.10. The molecule has 0 aliphatic heterocycles. The summed E-state index contributed by atoms with van der Waals surface area (Å²) in [5, 5.41) is 10.6. The average molecular weight is 289 g/mol. The van der Waals surface area contributed by atoms with Crippen molar-refractivity contribution in [1.29, 1.82) is 0 Å². The highest BCUT2D eigenvalue weighted by Crippen LogP contribution is 2.33. The fourth-order valence-electron chi connectivity index (χ4n) is 2.03. The molecule has 0 spiro atoms. The van der Waals surface area contributed by atoms with Gasteiger partial charge in [0.05, 0.1) is 19.9 Å². The van der Waals surface area contributed by atoms with Crippen LogP contribution in [0.5, 0.6) is 11.5 Å². The Morgan fingerprint density at radius 2 is 1.81 bits per heavy atom. The minimum atomic E-state index is -0.846. The minimum Gasteiger partial charge on any atom is -0.495 e. The van der Waals surface area contributed by atoms with Crippen LogP contribution in [0.4, 0.5) is 0 Å². The van der Waals surface area contributed by atoms with E-state index in [4.69, 9.17) is 14.2 Å². The maximum atomic E-state index is 10.6. The number of aliphatic hydroxyl groups excluding tert-OH is 1. The standard InChI is InChI=1S/C16H19NO4/c1-19-9-10-21-14-6-4-3-5-12(14)16(18)13-7-8-17-11-15(13)20-2/h3-8,11,16,18H,9-10H2,1-2H3. The zero-order valence-electron chi connectivity index (χ0n) is 12.2. The third-order valence-corrected chi connectivity index (χ3v) is 3.09. The molecule has 1 aromatic carbocycles. The molecule has 5 heteroatoms. The lowest BCUT2D eigenvalue weighted by atomic mass is 10.0. The van der Waals surface area contributed by atoms with Gasteiger partial charge in [0, 0.05) is 24.4 Å². The van der Waals surface area contributed by atoms with E-state index in [-0.39, 0.29) is 0 Å². The molecule has 0 radical (unpaired) electrons. The number of ether oxygens (including phenoxy) is 3. The van der Waals surface area contributed by atoms with Gasteiger partial charge in [-0.15, -0.1) is 0 Å². The van der Waals surface area contributed by atoms with Gasteiger partial charge in [0.2, 0.25) is 0 Å². The number of para-hydroxylation sites is 1. The van der Waals surface area contributed by atoms with Gasteiger partial charge in [0.15, 0.2) is 0 Å². The van der Waals surface area contributed by atoms with Gasteiger partial charge >= 0.3 is 0 Å². The first-order valence-corrected chi connectivity index (χ1v) is 6.64. The first-order chi connectivity index (χ1) is 10.3. The van der Waals surface area contributed by atoms with Crippen molar-refractivity contribution in [3.05, 3.63) is 53.9 Å². The number of rotatable bonds is 7. The Morgan fingerprint density at radius 1 is 1.05 bits per heavy atom. The molecule has 0 aliphatic rings. The van der Waals surface area contributed by atoms with E-state index >= 15 is 0 Å². The normalized spacial score (nSPS) is 12.0. The van der Waals surface area contributed by atoms with Crippen LogP contribution < -0.4 is 9.47 Å². The summed E-state index contributed by atoms with van der Waals surface area (Å²) in [6.07, 6.45) is 2.35. The first-order valence-electron chi connectivity index (χ1n) is 6.64. The summed E-state index contributed by atoms with van der Waals surface area (Å²) < 4.78 is 15.9. The Morgan fingerprint density at radius 3 is 2.57 bits per heavy atom.